The maximum Gasteiger partial charge on any atom is 0.232 e. The van der Waals surface area contributed by atoms with Crippen LogP contribution in [0, 0.1) is 0 Å². The molecule has 6 heteroatoms. The first-order valence-electron chi connectivity index (χ1n) is 8.29. The fraction of sp³-hybridized carbons (Fsp3) is 0.688. The Kier molecular flexibility index (Phi) is 6.06. The number of unbranched alkanes of at least 4 members (excludes halogenated alkanes) is 1. The summed E-state index contributed by atoms with van der Waals surface area (Å²) in [6.07, 6.45) is 7.98. The van der Waals surface area contributed by atoms with Gasteiger partial charge in [-0.25, -0.2) is 13.4 Å². The van der Waals surface area contributed by atoms with Gasteiger partial charge in [0, 0.05) is 12.6 Å². The molecule has 2 rings (SSSR count). The van der Waals surface area contributed by atoms with Crippen LogP contribution in [-0.2, 0) is 10.0 Å². The summed E-state index contributed by atoms with van der Waals surface area (Å²) in [5, 5.41) is 0. The van der Waals surface area contributed by atoms with Crippen molar-refractivity contribution < 1.29 is 8.42 Å². The van der Waals surface area contributed by atoms with E-state index in [2.05, 4.69) is 21.5 Å². The van der Waals surface area contributed by atoms with Crippen LogP contribution in [0.2, 0.25) is 0 Å². The highest BCUT2D eigenvalue weighted by Crippen LogP contribution is 2.25. The summed E-state index contributed by atoms with van der Waals surface area (Å²) in [6, 6.07) is 4.28. The molecule has 1 unspecified atom stereocenters. The third-order valence-corrected chi connectivity index (χ3v) is 5.55. The van der Waals surface area contributed by atoms with Crippen LogP contribution in [0.25, 0.3) is 0 Å². The third-order valence-electron chi connectivity index (χ3n) is 4.18. The summed E-state index contributed by atoms with van der Waals surface area (Å²) in [5.74, 6) is 1.11. The van der Waals surface area contributed by atoms with Crippen molar-refractivity contribution in [3.8, 4) is 0 Å². The fourth-order valence-corrected chi connectivity index (χ4v) is 4.16. The molecule has 1 fully saturated rings. The van der Waals surface area contributed by atoms with Crippen LogP contribution < -0.4 is 9.62 Å². The molecule has 1 aromatic rings. The van der Waals surface area contributed by atoms with Crippen molar-refractivity contribution in [3.05, 3.63) is 18.3 Å². The van der Waals surface area contributed by atoms with Crippen molar-refractivity contribution in [2.24, 2.45) is 0 Å². The zero-order chi connectivity index (χ0) is 16.0. The van der Waals surface area contributed by atoms with Gasteiger partial charge in [-0.2, -0.15) is 0 Å². The number of hydrogen-bond acceptors (Lipinski definition) is 4. The second-order valence-corrected chi connectivity index (χ2v) is 7.77. The van der Waals surface area contributed by atoms with E-state index in [1.807, 2.05) is 19.1 Å². The Morgan fingerprint density at radius 3 is 2.77 bits per heavy atom. The van der Waals surface area contributed by atoms with Gasteiger partial charge in [-0.3, -0.25) is 4.72 Å². The Hall–Kier alpha value is -1.30. The predicted octanol–water partition coefficient (Wildman–Crippen LogP) is 3.39. The first-order valence-corrected chi connectivity index (χ1v) is 9.94. The summed E-state index contributed by atoms with van der Waals surface area (Å²) < 4.78 is 26.4. The lowest BCUT2D eigenvalue weighted by molar-refractivity contribution is 0.447. The van der Waals surface area contributed by atoms with Gasteiger partial charge in [0.05, 0.1) is 17.6 Å². The van der Waals surface area contributed by atoms with E-state index >= 15 is 0 Å². The van der Waals surface area contributed by atoms with Gasteiger partial charge in [0.2, 0.25) is 10.0 Å². The number of aromatic nitrogens is 1. The molecular formula is C16H27N3O2S. The quantitative estimate of drug-likeness (QED) is 0.834. The largest absolute Gasteiger partial charge is 0.354 e. The number of nitrogens with zero attached hydrogens (tertiary/aromatic N) is 2. The van der Waals surface area contributed by atoms with Crippen molar-refractivity contribution in [1.29, 1.82) is 0 Å². The lowest BCUT2D eigenvalue weighted by atomic mass is 10.00. The van der Waals surface area contributed by atoms with E-state index in [1.165, 1.54) is 19.3 Å². The van der Waals surface area contributed by atoms with Crippen LogP contribution in [0.3, 0.4) is 0 Å². The van der Waals surface area contributed by atoms with Gasteiger partial charge in [0.15, 0.2) is 0 Å². The molecule has 1 aliphatic heterocycles. The Bertz CT molecular complexity index is 557. The molecule has 0 aromatic carbocycles. The molecule has 22 heavy (non-hydrogen) atoms. The molecule has 0 saturated carbocycles. The average molecular weight is 325 g/mol. The Balaban J connectivity index is 2.03. The van der Waals surface area contributed by atoms with Crippen molar-refractivity contribution in [3.63, 3.8) is 0 Å². The van der Waals surface area contributed by atoms with Gasteiger partial charge in [-0.05, 0) is 44.2 Å². The lowest BCUT2D eigenvalue weighted by Gasteiger charge is -2.36. The van der Waals surface area contributed by atoms with E-state index in [9.17, 15) is 8.42 Å². The second kappa shape index (κ2) is 7.81. The maximum absolute atomic E-state index is 11.9. The van der Waals surface area contributed by atoms with Crippen molar-refractivity contribution in [1.82, 2.24) is 4.98 Å². The monoisotopic (exact) mass is 325 g/mol. The van der Waals surface area contributed by atoms with Gasteiger partial charge in [-0.1, -0.05) is 20.3 Å². The summed E-state index contributed by atoms with van der Waals surface area (Å²) in [5.41, 5.74) is 0.546. The highest BCUT2D eigenvalue weighted by Gasteiger charge is 2.21. The molecule has 0 radical (unpaired) electrons. The SMILES string of the molecule is CCCCS(=O)(=O)Nc1ccc(N2CCCCC2CC)nc1. The highest BCUT2D eigenvalue weighted by molar-refractivity contribution is 7.92. The zero-order valence-electron chi connectivity index (χ0n) is 13.6. The van der Waals surface area contributed by atoms with E-state index in [0.29, 0.717) is 18.2 Å². The van der Waals surface area contributed by atoms with Gasteiger partial charge < -0.3 is 4.90 Å². The van der Waals surface area contributed by atoms with E-state index in [-0.39, 0.29) is 5.75 Å². The van der Waals surface area contributed by atoms with Crippen molar-refractivity contribution in [2.75, 3.05) is 21.9 Å². The molecule has 1 atom stereocenters. The Morgan fingerprint density at radius 2 is 2.14 bits per heavy atom. The van der Waals surface area contributed by atoms with Gasteiger partial charge in [0.1, 0.15) is 5.82 Å². The molecule has 1 aromatic heterocycles. The molecule has 0 bridgehead atoms. The highest BCUT2D eigenvalue weighted by atomic mass is 32.2. The standard InChI is InChI=1S/C16H27N3O2S/c1-3-5-12-22(20,21)18-14-9-10-16(17-13-14)19-11-7-6-8-15(19)4-2/h9-10,13,15,18H,3-8,11-12H2,1-2H3. The van der Waals surface area contributed by atoms with Crippen LogP contribution in [0.1, 0.15) is 52.4 Å². The minimum atomic E-state index is -3.25. The molecular weight excluding hydrogens is 298 g/mol. The average Bonchev–Trinajstić information content (AvgIpc) is 2.53. The number of rotatable bonds is 7. The number of piperidine rings is 1. The molecule has 0 aliphatic carbocycles. The Morgan fingerprint density at radius 1 is 1.32 bits per heavy atom. The summed E-state index contributed by atoms with van der Waals surface area (Å²) in [4.78, 5) is 6.81. The van der Waals surface area contributed by atoms with Crippen LogP contribution in [0.4, 0.5) is 11.5 Å². The molecule has 0 amide bonds. The number of hydrogen-bond donors (Lipinski definition) is 1. The first-order chi connectivity index (χ1) is 10.6. The van der Waals surface area contributed by atoms with Crippen LogP contribution in [0.5, 0.6) is 0 Å². The molecule has 1 aliphatic rings. The number of anilines is 2. The summed E-state index contributed by atoms with van der Waals surface area (Å²) >= 11 is 0. The minimum Gasteiger partial charge on any atom is -0.354 e. The van der Waals surface area contributed by atoms with Gasteiger partial charge in [-0.15, -0.1) is 0 Å². The van der Waals surface area contributed by atoms with Crippen LogP contribution in [-0.4, -0.2) is 31.7 Å². The van der Waals surface area contributed by atoms with E-state index < -0.39 is 10.0 Å². The molecule has 0 spiro atoms. The Labute approximate surface area is 134 Å². The molecule has 2 heterocycles. The van der Waals surface area contributed by atoms with E-state index in [1.54, 1.807) is 6.20 Å². The van der Waals surface area contributed by atoms with Crippen molar-refractivity contribution >= 4 is 21.5 Å². The van der Waals surface area contributed by atoms with Crippen LogP contribution >= 0.6 is 0 Å². The predicted molar refractivity (Wildman–Crippen MR) is 91.8 cm³/mol. The molecule has 5 nitrogen and oxygen atoms in total. The molecule has 1 saturated heterocycles. The number of nitrogens with one attached hydrogen (secondary N) is 1. The van der Waals surface area contributed by atoms with E-state index in [0.717, 1.165) is 25.2 Å². The van der Waals surface area contributed by atoms with Gasteiger partial charge in [0.25, 0.3) is 0 Å². The normalized spacial score (nSPS) is 19.2. The number of sulfonamides is 1. The summed E-state index contributed by atoms with van der Waals surface area (Å²) in [7, 11) is -3.25. The minimum absolute atomic E-state index is 0.162. The summed E-state index contributed by atoms with van der Waals surface area (Å²) in [6.45, 7) is 5.22. The molecule has 124 valence electrons. The second-order valence-electron chi connectivity index (χ2n) is 5.93. The fourth-order valence-electron chi connectivity index (χ4n) is 2.91. The lowest BCUT2D eigenvalue weighted by Crippen LogP contribution is -2.39. The first kappa shape index (κ1) is 17.1. The van der Waals surface area contributed by atoms with Crippen LogP contribution in [0.15, 0.2) is 18.3 Å². The third kappa shape index (κ3) is 4.60. The number of pyridine rings is 1. The maximum atomic E-state index is 11.9. The van der Waals surface area contributed by atoms with E-state index in [4.69, 9.17) is 0 Å². The zero-order valence-corrected chi connectivity index (χ0v) is 14.4. The van der Waals surface area contributed by atoms with Crippen molar-refractivity contribution in [2.45, 2.75) is 58.4 Å². The topological polar surface area (TPSA) is 62.3 Å². The molecule has 1 N–H and O–H groups in total. The van der Waals surface area contributed by atoms with Gasteiger partial charge >= 0.3 is 0 Å². The smallest absolute Gasteiger partial charge is 0.232 e.